The summed E-state index contributed by atoms with van der Waals surface area (Å²) in [6.07, 6.45) is 1.06. The molecule has 98 valence electrons. The van der Waals surface area contributed by atoms with Crippen molar-refractivity contribution < 1.29 is 4.79 Å². The topological polar surface area (TPSA) is 17.1 Å². The van der Waals surface area contributed by atoms with Gasteiger partial charge in [-0.15, -0.1) is 11.3 Å². The van der Waals surface area contributed by atoms with Gasteiger partial charge in [-0.25, -0.2) is 0 Å². The summed E-state index contributed by atoms with van der Waals surface area (Å²) in [6, 6.07) is 7.00. The molecule has 0 unspecified atom stereocenters. The summed E-state index contributed by atoms with van der Waals surface area (Å²) < 4.78 is 0. The minimum Gasteiger partial charge on any atom is -0.288 e. The Kier molecular flexibility index (Phi) is 3.90. The van der Waals surface area contributed by atoms with Crippen LogP contribution in [-0.4, -0.2) is 11.5 Å². The first kappa shape index (κ1) is 13.5. The lowest BCUT2D eigenvalue weighted by molar-refractivity contribution is 0.104. The number of aryl methyl sites for hydroxylation is 1. The van der Waals surface area contributed by atoms with Crippen molar-refractivity contribution in [1.82, 2.24) is 0 Å². The number of fused-ring (bicyclic) bond motifs is 1. The fraction of sp³-hybridized carbons (Fsp3) is 0.214. The number of halogens is 2. The Bertz CT molecular complexity index is 625. The van der Waals surface area contributed by atoms with Gasteiger partial charge in [-0.3, -0.25) is 4.79 Å². The van der Waals surface area contributed by atoms with Gasteiger partial charge in [-0.05, 0) is 42.0 Å². The molecule has 1 aliphatic rings. The van der Waals surface area contributed by atoms with Crippen LogP contribution in [0.25, 0.3) is 0 Å². The molecular formula is C14H10Cl2OS2. The van der Waals surface area contributed by atoms with E-state index < -0.39 is 0 Å². The van der Waals surface area contributed by atoms with E-state index in [0.717, 1.165) is 22.8 Å². The van der Waals surface area contributed by atoms with Gasteiger partial charge in [0.25, 0.3) is 0 Å². The van der Waals surface area contributed by atoms with E-state index in [2.05, 4.69) is 0 Å². The van der Waals surface area contributed by atoms with E-state index in [4.69, 9.17) is 23.2 Å². The fourth-order valence-corrected chi connectivity index (χ4v) is 4.77. The third-order valence-electron chi connectivity index (χ3n) is 3.02. The summed E-state index contributed by atoms with van der Waals surface area (Å²) in [6.45, 7) is 0. The molecule has 0 amide bonds. The second-order valence-corrected chi connectivity index (χ2v) is 7.40. The first-order chi connectivity index (χ1) is 9.15. The van der Waals surface area contributed by atoms with Crippen LogP contribution < -0.4 is 0 Å². The molecule has 3 rings (SSSR count). The van der Waals surface area contributed by atoms with Gasteiger partial charge in [0, 0.05) is 21.2 Å². The number of rotatable bonds is 2. The van der Waals surface area contributed by atoms with Gasteiger partial charge in [0.1, 0.15) is 0 Å². The van der Waals surface area contributed by atoms with Gasteiger partial charge < -0.3 is 0 Å². The van der Waals surface area contributed by atoms with Gasteiger partial charge in [0.05, 0.1) is 9.90 Å². The van der Waals surface area contributed by atoms with E-state index in [9.17, 15) is 4.79 Å². The molecule has 1 aromatic carbocycles. The predicted octanol–water partition coefficient (Wildman–Crippen LogP) is 5.08. The van der Waals surface area contributed by atoms with E-state index in [0.29, 0.717) is 15.6 Å². The summed E-state index contributed by atoms with van der Waals surface area (Å²) >= 11 is 15.5. The van der Waals surface area contributed by atoms with Crippen LogP contribution in [0.4, 0.5) is 0 Å². The van der Waals surface area contributed by atoms with Crippen molar-refractivity contribution in [3.63, 3.8) is 0 Å². The number of ketones is 1. The molecular weight excluding hydrogens is 319 g/mol. The molecule has 0 saturated carbocycles. The van der Waals surface area contributed by atoms with Crippen LogP contribution in [-0.2, 0) is 12.2 Å². The normalized spacial score (nSPS) is 14.2. The highest BCUT2D eigenvalue weighted by molar-refractivity contribution is 7.98. The largest absolute Gasteiger partial charge is 0.288 e. The molecule has 5 heteroatoms. The Morgan fingerprint density at radius 3 is 2.84 bits per heavy atom. The Hall–Kier alpha value is -0.480. The molecule has 19 heavy (non-hydrogen) atoms. The van der Waals surface area contributed by atoms with Crippen molar-refractivity contribution in [3.05, 3.63) is 55.2 Å². The molecule has 2 heterocycles. The molecule has 1 aromatic heterocycles. The van der Waals surface area contributed by atoms with Gasteiger partial charge in [0.15, 0.2) is 0 Å². The van der Waals surface area contributed by atoms with Crippen LogP contribution in [0.3, 0.4) is 0 Å². The second-order valence-electron chi connectivity index (χ2n) is 4.31. The SMILES string of the molecule is O=C(c1cc2c(s1)CCSC2)c1cc(Cl)ccc1Cl. The first-order valence-electron chi connectivity index (χ1n) is 5.84. The van der Waals surface area contributed by atoms with Crippen LogP contribution in [0.15, 0.2) is 24.3 Å². The molecule has 0 aliphatic carbocycles. The van der Waals surface area contributed by atoms with E-state index in [1.807, 2.05) is 17.8 Å². The van der Waals surface area contributed by atoms with Crippen molar-refractivity contribution in [1.29, 1.82) is 0 Å². The minimum atomic E-state index is -0.0306. The van der Waals surface area contributed by atoms with Gasteiger partial charge in [0.2, 0.25) is 5.78 Å². The Labute approximate surface area is 129 Å². The lowest BCUT2D eigenvalue weighted by Crippen LogP contribution is -1.99. The second kappa shape index (κ2) is 5.49. The van der Waals surface area contributed by atoms with Crippen LogP contribution in [0.2, 0.25) is 10.0 Å². The maximum absolute atomic E-state index is 12.5. The van der Waals surface area contributed by atoms with Crippen LogP contribution in [0.5, 0.6) is 0 Å². The van der Waals surface area contributed by atoms with Crippen molar-refractivity contribution in [3.8, 4) is 0 Å². The highest BCUT2D eigenvalue weighted by atomic mass is 35.5. The third kappa shape index (κ3) is 2.70. The first-order valence-corrected chi connectivity index (χ1v) is 8.57. The van der Waals surface area contributed by atoms with Crippen molar-refractivity contribution >= 4 is 52.1 Å². The molecule has 0 saturated heterocycles. The van der Waals surface area contributed by atoms with Crippen molar-refractivity contribution in [2.45, 2.75) is 12.2 Å². The monoisotopic (exact) mass is 328 g/mol. The summed E-state index contributed by atoms with van der Waals surface area (Å²) in [5.74, 6) is 2.11. The number of hydrogen-bond acceptors (Lipinski definition) is 3. The van der Waals surface area contributed by atoms with Crippen LogP contribution in [0.1, 0.15) is 25.7 Å². The zero-order valence-electron chi connectivity index (χ0n) is 9.91. The van der Waals surface area contributed by atoms with Gasteiger partial charge >= 0.3 is 0 Å². The Morgan fingerprint density at radius 1 is 1.21 bits per heavy atom. The maximum atomic E-state index is 12.5. The number of hydrogen-bond donors (Lipinski definition) is 0. The van der Waals surface area contributed by atoms with Gasteiger partial charge in [-0.1, -0.05) is 23.2 Å². The molecule has 0 bridgehead atoms. The molecule has 0 atom stereocenters. The lowest BCUT2D eigenvalue weighted by atomic mass is 10.1. The predicted molar refractivity (Wildman–Crippen MR) is 84.1 cm³/mol. The zero-order chi connectivity index (χ0) is 13.4. The Balaban J connectivity index is 1.99. The molecule has 1 aliphatic heterocycles. The number of thiophene rings is 1. The summed E-state index contributed by atoms with van der Waals surface area (Å²) in [4.78, 5) is 14.6. The summed E-state index contributed by atoms with van der Waals surface area (Å²) in [5.41, 5.74) is 1.78. The maximum Gasteiger partial charge on any atom is 0.204 e. The van der Waals surface area contributed by atoms with E-state index >= 15 is 0 Å². The van der Waals surface area contributed by atoms with E-state index in [-0.39, 0.29) is 5.78 Å². The van der Waals surface area contributed by atoms with Crippen molar-refractivity contribution in [2.75, 3.05) is 5.75 Å². The number of benzene rings is 1. The number of carbonyl (C=O) groups is 1. The van der Waals surface area contributed by atoms with Crippen LogP contribution in [0, 0.1) is 0 Å². The molecule has 0 N–H and O–H groups in total. The zero-order valence-corrected chi connectivity index (χ0v) is 13.1. The average Bonchev–Trinajstić information content (AvgIpc) is 2.84. The highest BCUT2D eigenvalue weighted by Gasteiger charge is 2.20. The molecule has 0 fully saturated rings. The molecule has 0 radical (unpaired) electrons. The standard InChI is InChI=1S/C14H10Cl2OS2/c15-9-1-2-11(16)10(6-9)14(17)13-5-8-7-18-4-3-12(8)19-13/h1-2,5-6H,3-4,7H2. The summed E-state index contributed by atoms with van der Waals surface area (Å²) in [5, 5.41) is 0.986. The number of thioether (sulfide) groups is 1. The van der Waals surface area contributed by atoms with E-state index in [1.54, 1.807) is 29.5 Å². The van der Waals surface area contributed by atoms with Crippen molar-refractivity contribution in [2.24, 2.45) is 0 Å². The minimum absolute atomic E-state index is 0.0306. The molecule has 2 aromatic rings. The van der Waals surface area contributed by atoms with Gasteiger partial charge in [-0.2, -0.15) is 11.8 Å². The molecule has 1 nitrogen and oxygen atoms in total. The highest BCUT2D eigenvalue weighted by Crippen LogP contribution is 2.34. The molecule has 0 spiro atoms. The average molecular weight is 329 g/mol. The quantitative estimate of drug-likeness (QED) is 0.715. The fourth-order valence-electron chi connectivity index (χ4n) is 2.06. The van der Waals surface area contributed by atoms with Crippen LogP contribution >= 0.6 is 46.3 Å². The third-order valence-corrected chi connectivity index (χ3v) is 5.83. The smallest absolute Gasteiger partial charge is 0.204 e. The van der Waals surface area contributed by atoms with E-state index in [1.165, 1.54) is 10.4 Å². The number of carbonyl (C=O) groups excluding carboxylic acids is 1. The summed E-state index contributed by atoms with van der Waals surface area (Å²) in [7, 11) is 0. The lowest BCUT2D eigenvalue weighted by Gasteiger charge is -2.08. The Morgan fingerprint density at radius 2 is 2.05 bits per heavy atom.